The van der Waals surface area contributed by atoms with Crippen LogP contribution in [-0.4, -0.2) is 5.78 Å². The van der Waals surface area contributed by atoms with Crippen LogP contribution in [0.3, 0.4) is 0 Å². The maximum absolute atomic E-state index is 12.8. The van der Waals surface area contributed by atoms with Crippen molar-refractivity contribution < 1.29 is 10.3 Å². The molecule has 7 atom stereocenters. The van der Waals surface area contributed by atoms with Crippen LogP contribution in [0.2, 0.25) is 0 Å². The molecular weight excluding hydrogens is 244 g/mol. The van der Waals surface area contributed by atoms with E-state index in [2.05, 4.69) is 6.92 Å². The molecule has 4 aliphatic rings. The lowest BCUT2D eigenvalue weighted by molar-refractivity contribution is -0.138. The summed E-state index contributed by atoms with van der Waals surface area (Å²) >= 11 is 0. The summed E-state index contributed by atoms with van der Waals surface area (Å²) in [6.07, 6.45) is 8.55. The Balaban J connectivity index is 1.73. The number of carbonyl (C=O) groups is 1. The maximum atomic E-state index is 12.8. The van der Waals surface area contributed by atoms with E-state index in [0.29, 0.717) is 30.1 Å². The van der Waals surface area contributed by atoms with Crippen LogP contribution >= 0.6 is 0 Å². The second-order valence-electron chi connectivity index (χ2n) is 8.22. The molecule has 1 heteroatoms. The molecule has 0 radical (unpaired) electrons. The van der Waals surface area contributed by atoms with Crippen molar-refractivity contribution >= 4 is 5.78 Å². The van der Waals surface area contributed by atoms with Crippen molar-refractivity contribution in [3.63, 3.8) is 0 Å². The van der Waals surface area contributed by atoms with Crippen molar-refractivity contribution in [3.8, 4) is 0 Å². The molecule has 0 amide bonds. The highest BCUT2D eigenvalue weighted by atomic mass is 16.1. The van der Waals surface area contributed by atoms with Gasteiger partial charge in [-0.15, -0.1) is 0 Å². The molecular formula is C19H30O. The summed E-state index contributed by atoms with van der Waals surface area (Å²) in [6.45, 7) is 0.199. The molecule has 0 aromatic carbocycles. The van der Waals surface area contributed by atoms with Gasteiger partial charge in [-0.1, -0.05) is 26.6 Å². The SMILES string of the molecule is [2H]C1C[C@H]2[C@@H]3CCC4CCCC[C@]4(C)[C@H]3CC[C@]2(C([2H])([2H])[2H])C1=O. The first-order valence-corrected chi connectivity index (χ1v) is 8.68. The molecule has 20 heavy (non-hydrogen) atoms. The fourth-order valence-corrected chi connectivity index (χ4v) is 6.53. The van der Waals surface area contributed by atoms with E-state index in [1.54, 1.807) is 0 Å². The van der Waals surface area contributed by atoms with Gasteiger partial charge < -0.3 is 0 Å². The second-order valence-corrected chi connectivity index (χ2v) is 8.22. The quantitative estimate of drug-likeness (QED) is 0.610. The van der Waals surface area contributed by atoms with Gasteiger partial charge in [0.15, 0.2) is 0 Å². The Morgan fingerprint density at radius 2 is 2.00 bits per heavy atom. The molecule has 4 rings (SSSR count). The van der Waals surface area contributed by atoms with Crippen LogP contribution in [0, 0.1) is 34.5 Å². The van der Waals surface area contributed by atoms with Crippen LogP contribution < -0.4 is 0 Å². The standard InChI is InChI=1S/C19H30O/c1-18-11-4-3-5-13(18)6-7-14-15-8-9-17(20)19(15,2)12-10-16(14)18/h13-16H,3-12H2,1-2H3/t13?,14-,15-,16-,18-,19-/m0/s1/i2D3,9D/t9?,13?,14-,15-,16-,18-,19-. The fraction of sp³-hybridized carbons (Fsp3) is 0.947. The summed E-state index contributed by atoms with van der Waals surface area (Å²) in [5, 5.41) is 0. The topological polar surface area (TPSA) is 17.1 Å². The van der Waals surface area contributed by atoms with Crippen LogP contribution in [0.25, 0.3) is 0 Å². The smallest absolute Gasteiger partial charge is 0.139 e. The lowest BCUT2D eigenvalue weighted by Crippen LogP contribution is -2.52. The highest BCUT2D eigenvalue weighted by molar-refractivity contribution is 5.87. The van der Waals surface area contributed by atoms with Crippen LogP contribution in [-0.2, 0) is 4.79 Å². The summed E-state index contributed by atoms with van der Waals surface area (Å²) in [6, 6.07) is 0. The summed E-state index contributed by atoms with van der Waals surface area (Å²) in [7, 11) is 0. The molecule has 0 heterocycles. The third-order valence-corrected chi connectivity index (χ3v) is 7.66. The molecule has 0 aliphatic heterocycles. The minimum Gasteiger partial charge on any atom is -0.299 e. The number of Topliss-reactive ketones (excluding diaryl/α,β-unsaturated/α-hetero) is 1. The first-order chi connectivity index (χ1) is 11.2. The highest BCUT2D eigenvalue weighted by Crippen LogP contribution is 2.65. The molecule has 112 valence electrons. The van der Waals surface area contributed by atoms with Crippen LogP contribution in [0.5, 0.6) is 0 Å². The van der Waals surface area contributed by atoms with Gasteiger partial charge in [0.2, 0.25) is 0 Å². The predicted octanol–water partition coefficient (Wildman–Crippen LogP) is 4.99. The van der Waals surface area contributed by atoms with E-state index in [0.717, 1.165) is 18.8 Å². The summed E-state index contributed by atoms with van der Waals surface area (Å²) in [4.78, 5) is 12.8. The van der Waals surface area contributed by atoms with Gasteiger partial charge >= 0.3 is 0 Å². The zero-order valence-corrected chi connectivity index (χ0v) is 12.7. The number of ketones is 1. The van der Waals surface area contributed by atoms with Crippen molar-refractivity contribution in [2.24, 2.45) is 34.5 Å². The molecule has 4 fully saturated rings. The molecule has 0 saturated heterocycles. The number of rotatable bonds is 0. The van der Waals surface area contributed by atoms with Crippen molar-refractivity contribution in [2.75, 3.05) is 0 Å². The Kier molecular flexibility index (Phi) is 2.09. The Hall–Kier alpha value is -0.330. The van der Waals surface area contributed by atoms with E-state index in [1.807, 2.05) is 0 Å². The monoisotopic (exact) mass is 278 g/mol. The fourth-order valence-electron chi connectivity index (χ4n) is 6.53. The van der Waals surface area contributed by atoms with Gasteiger partial charge in [-0.25, -0.2) is 0 Å². The largest absolute Gasteiger partial charge is 0.299 e. The first-order valence-electron chi connectivity index (χ1n) is 10.8. The van der Waals surface area contributed by atoms with E-state index >= 15 is 0 Å². The molecule has 0 bridgehead atoms. The zero-order valence-electron chi connectivity index (χ0n) is 16.7. The third kappa shape index (κ3) is 1.58. The number of fused-ring (bicyclic) bond motifs is 5. The normalized spacial score (nSPS) is 62.2. The second kappa shape index (κ2) is 4.34. The number of carbonyl (C=O) groups excluding carboxylic acids is 1. The number of hydrogen-bond donors (Lipinski definition) is 0. The molecule has 2 unspecified atom stereocenters. The highest BCUT2D eigenvalue weighted by Gasteiger charge is 2.59. The van der Waals surface area contributed by atoms with E-state index < -0.39 is 18.7 Å². The predicted molar refractivity (Wildman–Crippen MR) is 81.4 cm³/mol. The molecule has 1 nitrogen and oxygen atoms in total. The van der Waals surface area contributed by atoms with E-state index in [-0.39, 0.29) is 11.7 Å². The van der Waals surface area contributed by atoms with Crippen LogP contribution in [0.1, 0.15) is 83.4 Å². The van der Waals surface area contributed by atoms with E-state index in [1.165, 1.54) is 32.1 Å². The maximum Gasteiger partial charge on any atom is 0.139 e. The lowest BCUT2D eigenvalue weighted by atomic mass is 9.45. The van der Waals surface area contributed by atoms with Gasteiger partial charge in [0.1, 0.15) is 5.78 Å². The minimum absolute atomic E-state index is 0.0848. The van der Waals surface area contributed by atoms with Gasteiger partial charge in [-0.3, -0.25) is 4.79 Å². The van der Waals surface area contributed by atoms with Crippen LogP contribution in [0.15, 0.2) is 0 Å². The average molecular weight is 278 g/mol. The van der Waals surface area contributed by atoms with Gasteiger partial charge in [0.05, 0.1) is 0 Å². The van der Waals surface area contributed by atoms with Crippen molar-refractivity contribution in [2.45, 2.75) is 78.0 Å². The van der Waals surface area contributed by atoms with E-state index in [9.17, 15) is 4.79 Å². The van der Waals surface area contributed by atoms with Gasteiger partial charge in [0.25, 0.3) is 0 Å². The number of hydrogen-bond acceptors (Lipinski definition) is 1. The third-order valence-electron chi connectivity index (χ3n) is 7.66. The Morgan fingerprint density at radius 1 is 1.10 bits per heavy atom. The Labute approximate surface area is 129 Å². The minimum atomic E-state index is -2.25. The molecule has 4 aliphatic carbocycles. The lowest BCUT2D eigenvalue weighted by Gasteiger charge is -2.59. The summed E-state index contributed by atoms with van der Waals surface area (Å²) in [5.74, 6) is 1.34. The summed E-state index contributed by atoms with van der Waals surface area (Å²) in [5.41, 5.74) is -0.871. The zero-order chi connectivity index (χ0) is 17.3. The van der Waals surface area contributed by atoms with Gasteiger partial charge in [-0.05, 0) is 74.0 Å². The Morgan fingerprint density at radius 3 is 2.85 bits per heavy atom. The van der Waals surface area contributed by atoms with E-state index in [4.69, 9.17) is 5.48 Å². The Bertz CT molecular complexity index is 544. The van der Waals surface area contributed by atoms with Crippen molar-refractivity contribution in [3.05, 3.63) is 0 Å². The first kappa shape index (κ1) is 9.64. The van der Waals surface area contributed by atoms with Crippen molar-refractivity contribution in [1.82, 2.24) is 0 Å². The average Bonchev–Trinajstić information content (AvgIpc) is 2.79. The van der Waals surface area contributed by atoms with Gasteiger partial charge in [-0.2, -0.15) is 0 Å². The molecule has 0 spiro atoms. The molecule has 4 saturated carbocycles. The van der Waals surface area contributed by atoms with Crippen LogP contribution in [0.4, 0.5) is 0 Å². The van der Waals surface area contributed by atoms with Crippen molar-refractivity contribution in [1.29, 1.82) is 0 Å². The molecule has 0 N–H and O–H groups in total. The van der Waals surface area contributed by atoms with Gasteiger partial charge in [0, 0.05) is 17.3 Å². The molecule has 0 aromatic heterocycles. The summed E-state index contributed by atoms with van der Waals surface area (Å²) < 4.78 is 32.6. The molecule has 0 aromatic rings.